The molecule has 8 nitrogen and oxygen atoms in total. The van der Waals surface area contributed by atoms with Gasteiger partial charge < -0.3 is 31.0 Å². The first-order chi connectivity index (χ1) is 19.9. The Morgan fingerprint density at radius 2 is 1.83 bits per heavy atom. The number of aromatic amines is 1. The molecule has 1 saturated heterocycles. The molecule has 0 unspecified atom stereocenters. The molecule has 9 heteroatoms. The van der Waals surface area contributed by atoms with E-state index in [4.69, 9.17) is 10.5 Å². The summed E-state index contributed by atoms with van der Waals surface area (Å²) in [5.74, 6) is -0.320. The highest BCUT2D eigenvalue weighted by Crippen LogP contribution is 2.29. The van der Waals surface area contributed by atoms with Crippen molar-refractivity contribution >= 4 is 28.5 Å². The Morgan fingerprint density at radius 3 is 2.59 bits per heavy atom. The first-order valence-corrected chi connectivity index (χ1v) is 14.0. The smallest absolute Gasteiger partial charge is 0.318 e. The number of nitrogens with one attached hydrogen (secondary N) is 3. The van der Waals surface area contributed by atoms with Gasteiger partial charge in [-0.15, -0.1) is 0 Å². The number of fused-ring (bicyclic) bond motifs is 1. The number of carbonyl (C=O) groups excluding carboxylic acids is 2. The van der Waals surface area contributed by atoms with Crippen molar-refractivity contribution < 1.29 is 18.7 Å². The van der Waals surface area contributed by atoms with Crippen LogP contribution in [0.25, 0.3) is 10.9 Å². The summed E-state index contributed by atoms with van der Waals surface area (Å²) in [6.45, 7) is 3.43. The Balaban J connectivity index is 1.29. The average Bonchev–Trinajstić information content (AvgIpc) is 3.42. The maximum atomic E-state index is 13.7. The molecule has 3 amide bonds. The van der Waals surface area contributed by atoms with Crippen LogP contribution in [0.5, 0.6) is 5.75 Å². The molecule has 4 aromatic rings. The van der Waals surface area contributed by atoms with Crippen molar-refractivity contribution in [3.8, 4) is 5.75 Å². The van der Waals surface area contributed by atoms with Crippen LogP contribution >= 0.6 is 0 Å². The number of ether oxygens (including phenoxy) is 1. The number of rotatable bonds is 9. The van der Waals surface area contributed by atoms with Crippen molar-refractivity contribution in [2.45, 2.75) is 44.2 Å². The molecule has 0 bridgehead atoms. The van der Waals surface area contributed by atoms with Crippen LogP contribution in [0, 0.1) is 5.82 Å². The van der Waals surface area contributed by atoms with Gasteiger partial charge in [0.1, 0.15) is 23.7 Å². The number of hydrogen-bond acceptors (Lipinski definition) is 4. The molecule has 1 aliphatic rings. The Morgan fingerprint density at radius 1 is 1.07 bits per heavy atom. The highest BCUT2D eigenvalue weighted by Gasteiger charge is 2.32. The van der Waals surface area contributed by atoms with Crippen molar-refractivity contribution in [1.29, 1.82) is 0 Å². The number of para-hydroxylation sites is 1. The number of halogens is 1. The number of likely N-dealkylation sites (tertiary alicyclic amines) is 1. The summed E-state index contributed by atoms with van der Waals surface area (Å²) < 4.78 is 19.2. The van der Waals surface area contributed by atoms with Crippen molar-refractivity contribution in [3.05, 3.63) is 95.9 Å². The predicted octanol–water partition coefficient (Wildman–Crippen LogP) is 5.17. The third-order valence-electron chi connectivity index (χ3n) is 7.65. The van der Waals surface area contributed by atoms with Crippen LogP contribution in [-0.4, -0.2) is 53.6 Å². The van der Waals surface area contributed by atoms with E-state index in [-0.39, 0.29) is 29.8 Å². The highest BCUT2D eigenvalue weighted by atomic mass is 19.1. The molecular formula is C32H36FN5O3. The molecule has 0 spiro atoms. The van der Waals surface area contributed by atoms with E-state index < -0.39 is 6.04 Å². The van der Waals surface area contributed by atoms with E-state index in [9.17, 15) is 14.0 Å². The molecule has 5 N–H and O–H groups in total. The number of piperidine rings is 1. The number of aromatic nitrogens is 1. The van der Waals surface area contributed by atoms with Crippen LogP contribution in [0.2, 0.25) is 0 Å². The fraction of sp³-hybridized carbons (Fsp3) is 0.312. The standard InChI is InChI=1S/C32H36FN5O3/c1-21(28-20-35-29-8-3-2-7-27(28)29)30(31(39)36-24-6-4-5-22(19-24)13-16-34)37-32(40)38-17-14-26(15-18-38)41-25-11-9-23(33)10-12-25/h2-12,19-21,26,30,35H,13-18,34H2,1H3,(H,36,39)(H,37,40)/t21-,30+/m0/s1. The first-order valence-electron chi connectivity index (χ1n) is 14.0. The van der Waals surface area contributed by atoms with Gasteiger partial charge in [-0.1, -0.05) is 37.3 Å². The molecule has 1 aromatic heterocycles. The van der Waals surface area contributed by atoms with E-state index in [1.807, 2.05) is 61.7 Å². The molecule has 1 fully saturated rings. The normalized spacial score (nSPS) is 15.3. The summed E-state index contributed by atoms with van der Waals surface area (Å²) >= 11 is 0. The molecule has 214 valence electrons. The second-order valence-electron chi connectivity index (χ2n) is 10.5. The zero-order valence-corrected chi connectivity index (χ0v) is 23.1. The van der Waals surface area contributed by atoms with Gasteiger partial charge in [0, 0.05) is 54.6 Å². The molecule has 0 aliphatic carbocycles. The number of nitrogens with zero attached hydrogens (tertiary/aromatic N) is 1. The minimum Gasteiger partial charge on any atom is -0.490 e. The van der Waals surface area contributed by atoms with Gasteiger partial charge in [-0.2, -0.15) is 0 Å². The van der Waals surface area contributed by atoms with E-state index in [1.165, 1.54) is 12.1 Å². The van der Waals surface area contributed by atoms with Gasteiger partial charge in [-0.3, -0.25) is 4.79 Å². The van der Waals surface area contributed by atoms with Gasteiger partial charge in [0.05, 0.1) is 0 Å². The number of benzene rings is 3. The summed E-state index contributed by atoms with van der Waals surface area (Å²) in [4.78, 5) is 32.2. The van der Waals surface area contributed by atoms with Crippen LogP contribution in [0.15, 0.2) is 79.0 Å². The van der Waals surface area contributed by atoms with Gasteiger partial charge in [0.2, 0.25) is 5.91 Å². The van der Waals surface area contributed by atoms with Gasteiger partial charge >= 0.3 is 6.03 Å². The Kier molecular flexibility index (Phi) is 8.84. The maximum Gasteiger partial charge on any atom is 0.318 e. The second-order valence-corrected chi connectivity index (χ2v) is 10.5. The lowest BCUT2D eigenvalue weighted by molar-refractivity contribution is -0.118. The highest BCUT2D eigenvalue weighted by molar-refractivity contribution is 5.98. The molecule has 1 aliphatic heterocycles. The third kappa shape index (κ3) is 6.86. The number of amides is 3. The van der Waals surface area contributed by atoms with Gasteiger partial charge in [-0.05, 0) is 66.6 Å². The number of urea groups is 1. The molecule has 2 heterocycles. The van der Waals surface area contributed by atoms with Crippen molar-refractivity contribution in [2.75, 3.05) is 25.0 Å². The fourth-order valence-corrected chi connectivity index (χ4v) is 5.37. The van der Waals surface area contributed by atoms with E-state index in [1.54, 1.807) is 17.0 Å². The van der Waals surface area contributed by atoms with Crippen LogP contribution in [0.4, 0.5) is 14.9 Å². The summed E-state index contributed by atoms with van der Waals surface area (Å²) in [5, 5.41) is 7.05. The van der Waals surface area contributed by atoms with E-state index in [2.05, 4.69) is 15.6 Å². The van der Waals surface area contributed by atoms with Crippen LogP contribution < -0.4 is 21.1 Å². The lowest BCUT2D eigenvalue weighted by Crippen LogP contribution is -2.53. The molecule has 0 radical (unpaired) electrons. The topological polar surface area (TPSA) is 112 Å². The number of nitrogens with two attached hydrogens (primary N) is 1. The van der Waals surface area contributed by atoms with Gasteiger partial charge in [-0.25, -0.2) is 9.18 Å². The minimum absolute atomic E-state index is 0.0745. The van der Waals surface area contributed by atoms with E-state index in [0.29, 0.717) is 50.3 Å². The summed E-state index contributed by atoms with van der Waals surface area (Å²) in [5.41, 5.74) is 9.32. The second kappa shape index (κ2) is 12.9. The largest absolute Gasteiger partial charge is 0.490 e. The number of hydrogen-bond donors (Lipinski definition) is 4. The summed E-state index contributed by atoms with van der Waals surface area (Å²) in [7, 11) is 0. The summed E-state index contributed by atoms with van der Waals surface area (Å²) in [6, 6.07) is 20.3. The maximum absolute atomic E-state index is 13.7. The summed E-state index contributed by atoms with van der Waals surface area (Å²) in [6.07, 6.45) is 3.80. The first kappa shape index (κ1) is 28.2. The molecule has 41 heavy (non-hydrogen) atoms. The van der Waals surface area contributed by atoms with Crippen molar-refractivity contribution in [3.63, 3.8) is 0 Å². The molecule has 5 rings (SSSR count). The lowest BCUT2D eigenvalue weighted by Gasteiger charge is -2.34. The van der Waals surface area contributed by atoms with Crippen molar-refractivity contribution in [1.82, 2.24) is 15.2 Å². The van der Waals surface area contributed by atoms with Gasteiger partial charge in [0.15, 0.2) is 0 Å². The number of anilines is 1. The SMILES string of the molecule is C[C@@H](c1c[nH]c2ccccc12)[C@@H](NC(=O)N1CCC(Oc2ccc(F)cc2)CC1)C(=O)Nc1cccc(CCN)c1. The fourth-order valence-electron chi connectivity index (χ4n) is 5.37. The lowest BCUT2D eigenvalue weighted by atomic mass is 9.92. The van der Waals surface area contributed by atoms with Crippen LogP contribution in [0.3, 0.4) is 0 Å². The Hall–Kier alpha value is -4.37. The quantitative estimate of drug-likeness (QED) is 0.227. The predicted molar refractivity (Wildman–Crippen MR) is 158 cm³/mol. The van der Waals surface area contributed by atoms with Crippen LogP contribution in [-0.2, 0) is 11.2 Å². The number of H-pyrrole nitrogens is 1. The minimum atomic E-state index is -0.826. The molecule has 2 atom stereocenters. The zero-order chi connectivity index (χ0) is 28.8. The third-order valence-corrected chi connectivity index (χ3v) is 7.65. The van der Waals surface area contributed by atoms with Crippen LogP contribution in [0.1, 0.15) is 36.8 Å². The monoisotopic (exact) mass is 557 g/mol. The van der Waals surface area contributed by atoms with E-state index >= 15 is 0 Å². The molecule has 0 saturated carbocycles. The molecule has 3 aromatic carbocycles. The van der Waals surface area contributed by atoms with Gasteiger partial charge in [0.25, 0.3) is 0 Å². The zero-order valence-electron chi connectivity index (χ0n) is 23.1. The molecular weight excluding hydrogens is 521 g/mol. The Labute approximate surface area is 239 Å². The number of carbonyl (C=O) groups is 2. The van der Waals surface area contributed by atoms with Crippen molar-refractivity contribution in [2.24, 2.45) is 5.73 Å². The average molecular weight is 558 g/mol. The van der Waals surface area contributed by atoms with E-state index in [0.717, 1.165) is 22.0 Å². The Bertz CT molecular complexity index is 1480.